The van der Waals surface area contributed by atoms with Crippen molar-refractivity contribution < 1.29 is 14.1 Å². The lowest BCUT2D eigenvalue weighted by atomic mass is 10.0. The molecule has 1 aromatic carbocycles. The van der Waals surface area contributed by atoms with E-state index in [2.05, 4.69) is 0 Å². The van der Waals surface area contributed by atoms with Crippen LogP contribution >= 0.6 is 0 Å². The minimum Gasteiger partial charge on any atom is -0.397 e. The smallest absolute Gasteiger partial charge is 0.397 e. The van der Waals surface area contributed by atoms with Crippen LogP contribution < -0.4 is 0 Å². The van der Waals surface area contributed by atoms with Crippen molar-refractivity contribution in [1.29, 1.82) is 0 Å². The summed E-state index contributed by atoms with van der Waals surface area (Å²) in [6.45, 7) is 1.91. The van der Waals surface area contributed by atoms with Crippen molar-refractivity contribution in [2.24, 2.45) is 0 Å². The number of rotatable bonds is 4. The SMILES string of the molecule is Cc1ccccc1CC(=O)c1ccc([N+](=O)[O-])o1. The van der Waals surface area contributed by atoms with Crippen LogP contribution in [0, 0.1) is 17.0 Å². The number of aryl methyl sites for hydroxylation is 1. The number of nitro groups is 1. The number of hydrogen-bond acceptors (Lipinski definition) is 4. The Kier molecular flexibility index (Phi) is 3.23. The van der Waals surface area contributed by atoms with Crippen molar-refractivity contribution in [3.63, 3.8) is 0 Å². The predicted octanol–water partition coefficient (Wildman–Crippen LogP) is 2.92. The second-order valence-corrected chi connectivity index (χ2v) is 3.92. The number of carbonyl (C=O) groups excluding carboxylic acids is 1. The average molecular weight is 245 g/mol. The van der Waals surface area contributed by atoms with Crippen molar-refractivity contribution in [3.8, 4) is 0 Å². The molecule has 0 aliphatic rings. The summed E-state index contributed by atoms with van der Waals surface area (Å²) in [7, 11) is 0. The third-order valence-corrected chi connectivity index (χ3v) is 2.66. The van der Waals surface area contributed by atoms with Gasteiger partial charge in [-0.1, -0.05) is 24.3 Å². The standard InChI is InChI=1S/C13H11NO4/c1-9-4-2-3-5-10(9)8-11(15)12-6-7-13(18-12)14(16)17/h2-7H,8H2,1H3. The minimum absolute atomic E-state index is 0.0185. The molecule has 5 heteroatoms. The van der Waals surface area contributed by atoms with Crippen LogP contribution in [-0.4, -0.2) is 10.7 Å². The molecule has 1 aromatic heterocycles. The molecule has 0 spiro atoms. The fourth-order valence-corrected chi connectivity index (χ4v) is 1.64. The molecule has 0 atom stereocenters. The van der Waals surface area contributed by atoms with E-state index in [0.717, 1.165) is 11.1 Å². The fourth-order valence-electron chi connectivity index (χ4n) is 1.64. The summed E-state index contributed by atoms with van der Waals surface area (Å²) in [5.41, 5.74) is 1.90. The first-order chi connectivity index (χ1) is 8.58. The monoisotopic (exact) mass is 245 g/mol. The molecule has 0 saturated carbocycles. The molecule has 1 heterocycles. The van der Waals surface area contributed by atoms with E-state index >= 15 is 0 Å². The van der Waals surface area contributed by atoms with Crippen molar-refractivity contribution in [2.45, 2.75) is 13.3 Å². The molecule has 0 aliphatic carbocycles. The summed E-state index contributed by atoms with van der Waals surface area (Å²) in [6.07, 6.45) is 0.178. The van der Waals surface area contributed by atoms with E-state index in [1.165, 1.54) is 12.1 Å². The molecule has 18 heavy (non-hydrogen) atoms. The number of carbonyl (C=O) groups is 1. The van der Waals surface area contributed by atoms with E-state index in [0.29, 0.717) is 0 Å². The molecule has 5 nitrogen and oxygen atoms in total. The van der Waals surface area contributed by atoms with Crippen LogP contribution in [-0.2, 0) is 6.42 Å². The van der Waals surface area contributed by atoms with E-state index in [1.807, 2.05) is 31.2 Å². The third kappa shape index (κ3) is 2.45. The van der Waals surface area contributed by atoms with Crippen LogP contribution in [0.2, 0.25) is 0 Å². The van der Waals surface area contributed by atoms with Crippen molar-refractivity contribution >= 4 is 11.7 Å². The Morgan fingerprint density at radius 3 is 2.61 bits per heavy atom. The zero-order valence-electron chi connectivity index (χ0n) is 9.75. The number of hydrogen-bond donors (Lipinski definition) is 0. The highest BCUT2D eigenvalue weighted by Gasteiger charge is 2.17. The van der Waals surface area contributed by atoms with Crippen LogP contribution in [0.1, 0.15) is 21.7 Å². The van der Waals surface area contributed by atoms with E-state index in [1.54, 1.807) is 0 Å². The second kappa shape index (κ2) is 4.83. The molecule has 0 saturated heterocycles. The van der Waals surface area contributed by atoms with Gasteiger partial charge in [-0.25, -0.2) is 0 Å². The fraction of sp³-hybridized carbons (Fsp3) is 0.154. The summed E-state index contributed by atoms with van der Waals surface area (Å²) in [5.74, 6) is -0.662. The number of ketones is 1. The van der Waals surface area contributed by atoms with Gasteiger partial charge in [-0.3, -0.25) is 14.9 Å². The summed E-state index contributed by atoms with van der Waals surface area (Å²) in [4.78, 5) is 21.7. The molecular formula is C13H11NO4. The molecule has 0 unspecified atom stereocenters. The average Bonchev–Trinajstić information content (AvgIpc) is 2.81. The van der Waals surface area contributed by atoms with Crippen molar-refractivity contribution in [1.82, 2.24) is 0 Å². The van der Waals surface area contributed by atoms with E-state index in [4.69, 9.17) is 4.42 Å². The van der Waals surface area contributed by atoms with Gasteiger partial charge < -0.3 is 4.42 Å². The first kappa shape index (κ1) is 12.0. The number of Topliss-reactive ketones (excluding diaryl/α,β-unsaturated/α-hetero) is 1. The highest BCUT2D eigenvalue weighted by molar-refractivity contribution is 5.95. The minimum atomic E-state index is -0.662. The highest BCUT2D eigenvalue weighted by atomic mass is 16.6. The molecule has 2 aromatic rings. The normalized spacial score (nSPS) is 10.3. The Hall–Kier alpha value is -2.43. The maximum absolute atomic E-state index is 11.9. The molecular weight excluding hydrogens is 234 g/mol. The molecule has 0 bridgehead atoms. The lowest BCUT2D eigenvalue weighted by Gasteiger charge is -2.02. The largest absolute Gasteiger partial charge is 0.433 e. The summed E-state index contributed by atoms with van der Waals surface area (Å²) in [6, 6.07) is 10.0. The van der Waals surface area contributed by atoms with Crippen LogP contribution in [0.15, 0.2) is 40.8 Å². The molecule has 0 N–H and O–H groups in total. The third-order valence-electron chi connectivity index (χ3n) is 2.66. The number of nitrogens with zero attached hydrogens (tertiary/aromatic N) is 1. The first-order valence-electron chi connectivity index (χ1n) is 5.40. The van der Waals surface area contributed by atoms with Crippen molar-refractivity contribution in [2.75, 3.05) is 0 Å². The topological polar surface area (TPSA) is 73.3 Å². The Morgan fingerprint density at radius 2 is 2.00 bits per heavy atom. The molecule has 92 valence electrons. The summed E-state index contributed by atoms with van der Waals surface area (Å²) < 4.78 is 4.87. The number of furan rings is 1. The van der Waals surface area contributed by atoms with Gasteiger partial charge in [0.1, 0.15) is 4.92 Å². The van der Waals surface area contributed by atoms with Crippen LogP contribution in [0.25, 0.3) is 0 Å². The van der Waals surface area contributed by atoms with Gasteiger partial charge in [0.05, 0.1) is 6.07 Å². The Bertz CT molecular complexity index is 601. The maximum atomic E-state index is 11.9. The van der Waals surface area contributed by atoms with Gasteiger partial charge in [0.2, 0.25) is 5.78 Å². The lowest BCUT2D eigenvalue weighted by Crippen LogP contribution is -2.03. The molecule has 0 radical (unpaired) electrons. The van der Waals surface area contributed by atoms with E-state index in [-0.39, 0.29) is 18.0 Å². The molecule has 0 aliphatic heterocycles. The maximum Gasteiger partial charge on any atom is 0.433 e. The zero-order chi connectivity index (χ0) is 13.1. The van der Waals surface area contributed by atoms with Crippen LogP contribution in [0.5, 0.6) is 0 Å². The van der Waals surface area contributed by atoms with Gasteiger partial charge >= 0.3 is 5.88 Å². The summed E-state index contributed by atoms with van der Waals surface area (Å²) >= 11 is 0. The van der Waals surface area contributed by atoms with Gasteiger partial charge in [-0.15, -0.1) is 0 Å². The van der Waals surface area contributed by atoms with Gasteiger partial charge in [0.25, 0.3) is 0 Å². The Labute approximate surface area is 103 Å². The van der Waals surface area contributed by atoms with Crippen LogP contribution in [0.4, 0.5) is 5.88 Å². The van der Waals surface area contributed by atoms with Crippen molar-refractivity contribution in [3.05, 3.63) is 63.4 Å². The number of benzene rings is 1. The predicted molar refractivity (Wildman–Crippen MR) is 64.6 cm³/mol. The van der Waals surface area contributed by atoms with E-state index in [9.17, 15) is 14.9 Å². The van der Waals surface area contributed by atoms with Gasteiger partial charge in [0.15, 0.2) is 5.76 Å². The van der Waals surface area contributed by atoms with Gasteiger partial charge in [-0.2, -0.15) is 0 Å². The molecule has 2 rings (SSSR count). The second-order valence-electron chi connectivity index (χ2n) is 3.92. The first-order valence-corrected chi connectivity index (χ1v) is 5.40. The zero-order valence-corrected chi connectivity index (χ0v) is 9.75. The highest BCUT2D eigenvalue weighted by Crippen LogP contribution is 2.18. The molecule has 0 fully saturated rings. The van der Waals surface area contributed by atoms with E-state index < -0.39 is 10.8 Å². The quantitative estimate of drug-likeness (QED) is 0.471. The Balaban J connectivity index is 2.17. The molecule has 0 amide bonds. The Morgan fingerprint density at radius 1 is 1.28 bits per heavy atom. The lowest BCUT2D eigenvalue weighted by molar-refractivity contribution is -0.402. The van der Waals surface area contributed by atoms with Crippen LogP contribution in [0.3, 0.4) is 0 Å². The van der Waals surface area contributed by atoms with Gasteiger partial charge in [0, 0.05) is 6.42 Å². The van der Waals surface area contributed by atoms with Gasteiger partial charge in [-0.05, 0) is 24.1 Å². The summed E-state index contributed by atoms with van der Waals surface area (Å²) in [5, 5.41) is 10.4.